The summed E-state index contributed by atoms with van der Waals surface area (Å²) in [6, 6.07) is 3.10. The highest BCUT2D eigenvalue weighted by atomic mass is 35.5. The smallest absolute Gasteiger partial charge is 0.410 e. The number of piperidine rings is 1. The summed E-state index contributed by atoms with van der Waals surface area (Å²) >= 11 is 12.8. The lowest BCUT2D eigenvalue weighted by Gasteiger charge is -2.41. The molecule has 41 heavy (non-hydrogen) atoms. The number of rotatable bonds is 7. The van der Waals surface area contributed by atoms with Crippen molar-refractivity contribution >= 4 is 46.3 Å². The van der Waals surface area contributed by atoms with E-state index in [2.05, 4.69) is 11.3 Å². The molecule has 3 rings (SSSR count). The molecule has 0 aromatic heterocycles. The molecule has 3 amide bonds. The third-order valence-corrected chi connectivity index (χ3v) is 9.32. The van der Waals surface area contributed by atoms with Crippen molar-refractivity contribution in [2.45, 2.75) is 70.8 Å². The SMILES string of the molecule is C=CCOc1cc(Cl)c(Cl)cc1[C@H](NS(=O)C(C)(C)C)C1CCN(C(=O)N2CCN(C(=O)OC(C)(C)C)CC2)CC1. The molecule has 12 heteroatoms. The molecule has 1 aromatic carbocycles. The first-order valence-corrected chi connectivity index (χ1v) is 15.9. The maximum Gasteiger partial charge on any atom is 0.410 e. The van der Waals surface area contributed by atoms with Crippen molar-refractivity contribution in [2.75, 3.05) is 45.9 Å². The molecule has 0 saturated carbocycles. The standard InChI is InChI=1S/C29H44Cl2N4O5S/c1-8-17-39-24-19-23(31)22(30)18-21(24)25(32-41(38)29(5,6)7)20-9-11-33(12-10-20)26(36)34-13-15-35(16-14-34)27(37)40-28(2,3)4/h8,18-20,25,32H,1,9-17H2,2-7H3/t25-,41?/m1/s1. The minimum absolute atomic E-state index is 0.0281. The highest BCUT2D eigenvalue weighted by molar-refractivity contribution is 7.84. The Morgan fingerprint density at radius 1 is 1.00 bits per heavy atom. The summed E-state index contributed by atoms with van der Waals surface area (Å²) in [5, 5.41) is 0.761. The number of benzene rings is 1. The number of carbonyl (C=O) groups excluding carboxylic acids is 2. The van der Waals surface area contributed by atoms with E-state index in [0.29, 0.717) is 67.9 Å². The van der Waals surface area contributed by atoms with Gasteiger partial charge in [0.05, 0.1) is 31.8 Å². The van der Waals surface area contributed by atoms with Crippen LogP contribution in [0.4, 0.5) is 9.59 Å². The van der Waals surface area contributed by atoms with E-state index in [0.717, 1.165) is 5.56 Å². The van der Waals surface area contributed by atoms with E-state index in [9.17, 15) is 13.8 Å². The summed E-state index contributed by atoms with van der Waals surface area (Å²) < 4.78 is 27.5. The van der Waals surface area contributed by atoms with Crippen LogP contribution in [0.1, 0.15) is 66.0 Å². The van der Waals surface area contributed by atoms with Crippen LogP contribution in [0.5, 0.6) is 5.75 Å². The lowest BCUT2D eigenvalue weighted by Crippen LogP contribution is -2.56. The molecule has 1 N–H and O–H groups in total. The van der Waals surface area contributed by atoms with Crippen LogP contribution in [0.2, 0.25) is 10.0 Å². The minimum Gasteiger partial charge on any atom is -0.489 e. The molecule has 1 aromatic rings. The lowest BCUT2D eigenvalue weighted by molar-refractivity contribution is 0.0152. The van der Waals surface area contributed by atoms with Crippen molar-refractivity contribution in [1.29, 1.82) is 0 Å². The Labute approximate surface area is 257 Å². The van der Waals surface area contributed by atoms with Crippen molar-refractivity contribution < 1.29 is 23.3 Å². The number of likely N-dealkylation sites (tertiary alicyclic amines) is 1. The molecule has 0 spiro atoms. The Hall–Kier alpha value is -2.01. The number of hydrogen-bond donors (Lipinski definition) is 1. The average Bonchev–Trinajstić information content (AvgIpc) is 2.90. The normalized spacial score (nSPS) is 18.6. The third kappa shape index (κ3) is 9.24. The monoisotopic (exact) mass is 630 g/mol. The first-order chi connectivity index (χ1) is 19.1. The molecule has 2 heterocycles. The second kappa shape index (κ2) is 14.0. The first kappa shape index (κ1) is 33.5. The van der Waals surface area contributed by atoms with Crippen LogP contribution in [-0.4, -0.2) is 87.3 Å². The second-order valence-corrected chi connectivity index (χ2v) is 15.3. The van der Waals surface area contributed by atoms with E-state index in [1.54, 1.807) is 28.0 Å². The highest BCUT2D eigenvalue weighted by Crippen LogP contribution is 2.40. The topological polar surface area (TPSA) is 91.4 Å². The van der Waals surface area contributed by atoms with Crippen molar-refractivity contribution in [1.82, 2.24) is 19.4 Å². The van der Waals surface area contributed by atoms with E-state index in [4.69, 9.17) is 32.7 Å². The predicted octanol–water partition coefficient (Wildman–Crippen LogP) is 6.04. The summed E-state index contributed by atoms with van der Waals surface area (Å²) in [6.07, 6.45) is 2.70. The molecular weight excluding hydrogens is 587 g/mol. The Morgan fingerprint density at radius 3 is 2.07 bits per heavy atom. The molecule has 0 bridgehead atoms. The molecule has 0 aliphatic carbocycles. The van der Waals surface area contributed by atoms with E-state index in [1.165, 1.54) is 0 Å². The third-order valence-electron chi connectivity index (χ3n) is 7.02. The number of nitrogens with one attached hydrogen (secondary N) is 1. The van der Waals surface area contributed by atoms with E-state index >= 15 is 0 Å². The number of amides is 3. The summed E-state index contributed by atoms with van der Waals surface area (Å²) in [5.74, 6) is 0.627. The van der Waals surface area contributed by atoms with Crippen molar-refractivity contribution in [3.05, 3.63) is 40.4 Å². The molecule has 2 aliphatic rings. The van der Waals surface area contributed by atoms with Crippen LogP contribution >= 0.6 is 23.2 Å². The van der Waals surface area contributed by atoms with Gasteiger partial charge in [0.2, 0.25) is 0 Å². The van der Waals surface area contributed by atoms with Crippen molar-refractivity contribution in [3.63, 3.8) is 0 Å². The molecule has 2 fully saturated rings. The van der Waals surface area contributed by atoms with Gasteiger partial charge in [-0.25, -0.2) is 18.5 Å². The number of hydrogen-bond acceptors (Lipinski definition) is 5. The van der Waals surface area contributed by atoms with Crippen LogP contribution in [0.3, 0.4) is 0 Å². The average molecular weight is 632 g/mol. The molecule has 1 unspecified atom stereocenters. The maximum atomic E-state index is 13.4. The number of carbonyl (C=O) groups is 2. The van der Waals surface area contributed by atoms with Gasteiger partial charge in [0.15, 0.2) is 0 Å². The fourth-order valence-corrected chi connectivity index (χ4v) is 6.03. The minimum atomic E-state index is -1.36. The fraction of sp³-hybridized carbons (Fsp3) is 0.655. The first-order valence-electron chi connectivity index (χ1n) is 14.0. The Kier molecular flexibility index (Phi) is 11.4. The van der Waals surface area contributed by atoms with Gasteiger partial charge in [0.1, 0.15) is 18.0 Å². The number of ether oxygens (including phenoxy) is 2. The highest BCUT2D eigenvalue weighted by Gasteiger charge is 2.36. The van der Waals surface area contributed by atoms with Gasteiger partial charge in [-0.3, -0.25) is 0 Å². The van der Waals surface area contributed by atoms with Crippen LogP contribution in [0.25, 0.3) is 0 Å². The van der Waals surface area contributed by atoms with Crippen LogP contribution < -0.4 is 9.46 Å². The van der Waals surface area contributed by atoms with E-state index in [-0.39, 0.29) is 30.7 Å². The predicted molar refractivity (Wildman–Crippen MR) is 165 cm³/mol. The number of urea groups is 1. The maximum absolute atomic E-state index is 13.4. The molecule has 9 nitrogen and oxygen atoms in total. The summed E-state index contributed by atoms with van der Waals surface area (Å²) in [4.78, 5) is 31.1. The van der Waals surface area contributed by atoms with Gasteiger partial charge in [0.25, 0.3) is 0 Å². The Bertz CT molecular complexity index is 1120. The molecule has 2 saturated heterocycles. The zero-order chi connectivity index (χ0) is 30.5. The number of nitrogens with zero attached hydrogens (tertiary/aromatic N) is 3. The van der Waals surface area contributed by atoms with Crippen molar-refractivity contribution in [3.8, 4) is 5.75 Å². The fourth-order valence-electron chi connectivity index (χ4n) is 4.80. The molecular formula is C29H44Cl2N4O5S. The van der Waals surface area contributed by atoms with Crippen LogP contribution in [-0.2, 0) is 15.7 Å². The quantitative estimate of drug-likeness (QED) is 0.371. The second-order valence-electron chi connectivity index (χ2n) is 12.4. The van der Waals surface area contributed by atoms with Gasteiger partial charge in [0, 0.05) is 50.9 Å². The largest absolute Gasteiger partial charge is 0.489 e. The van der Waals surface area contributed by atoms with Gasteiger partial charge in [-0.05, 0) is 66.4 Å². The Morgan fingerprint density at radius 2 is 1.54 bits per heavy atom. The van der Waals surface area contributed by atoms with Gasteiger partial charge >= 0.3 is 12.1 Å². The van der Waals surface area contributed by atoms with Gasteiger partial charge in [-0.15, -0.1) is 0 Å². The van der Waals surface area contributed by atoms with Gasteiger partial charge in [-0.2, -0.15) is 0 Å². The summed E-state index contributed by atoms with van der Waals surface area (Å²) in [6.45, 7) is 18.2. The molecule has 2 aliphatic heterocycles. The summed E-state index contributed by atoms with van der Waals surface area (Å²) in [7, 11) is -1.36. The zero-order valence-corrected chi connectivity index (χ0v) is 27.3. The summed E-state index contributed by atoms with van der Waals surface area (Å²) in [5.41, 5.74) is 0.220. The molecule has 0 radical (unpaired) electrons. The van der Waals surface area contributed by atoms with E-state index in [1.807, 2.05) is 46.4 Å². The van der Waals surface area contributed by atoms with E-state index < -0.39 is 21.3 Å². The van der Waals surface area contributed by atoms with Crippen LogP contribution in [0.15, 0.2) is 24.8 Å². The lowest BCUT2D eigenvalue weighted by atomic mass is 9.85. The molecule has 230 valence electrons. The van der Waals surface area contributed by atoms with Gasteiger partial charge < -0.3 is 24.2 Å². The zero-order valence-electron chi connectivity index (χ0n) is 25.0. The Balaban J connectivity index is 1.70. The van der Waals surface area contributed by atoms with Gasteiger partial charge in [-0.1, -0.05) is 35.9 Å². The van der Waals surface area contributed by atoms with Crippen molar-refractivity contribution in [2.24, 2.45) is 5.92 Å². The van der Waals surface area contributed by atoms with Crippen LogP contribution in [0, 0.1) is 5.92 Å². The molecule has 2 atom stereocenters. The number of piperazine rings is 1. The number of halogens is 2.